The maximum Gasteiger partial charge on any atom is 0.148 e. The number of nitriles is 2. The van der Waals surface area contributed by atoms with Gasteiger partial charge in [0.25, 0.3) is 0 Å². The van der Waals surface area contributed by atoms with Crippen LogP contribution in [-0.2, 0) is 0 Å². The maximum atomic E-state index is 9.84. The number of hydrogen-bond donors (Lipinski definition) is 0. The van der Waals surface area contributed by atoms with E-state index >= 15 is 0 Å². The van der Waals surface area contributed by atoms with Crippen molar-refractivity contribution in [1.29, 1.82) is 10.5 Å². The Kier molecular flexibility index (Phi) is 11.6. The van der Waals surface area contributed by atoms with Gasteiger partial charge in [-0.05, 0) is 24.7 Å². The highest BCUT2D eigenvalue weighted by molar-refractivity contribution is 7.21. The molecule has 0 amide bonds. The number of nitrogens with zero attached hydrogens (tertiary/aromatic N) is 2. The quantitative estimate of drug-likeness (QED) is 0.261. The summed E-state index contributed by atoms with van der Waals surface area (Å²) >= 11 is 2.94. The third kappa shape index (κ3) is 6.99. The molecule has 32 heavy (non-hydrogen) atoms. The SMILES string of the molecule is CCCC[C@@H](CC)COc1csc(-c2scc(OC[C@@H](CC)CCCC)c2C#N)c1C#N. The number of thiophene rings is 2. The monoisotopic (exact) mass is 472 g/mol. The molecule has 0 aromatic carbocycles. The second-order valence-electron chi connectivity index (χ2n) is 8.29. The van der Waals surface area contributed by atoms with Gasteiger partial charge in [-0.1, -0.05) is 66.2 Å². The lowest BCUT2D eigenvalue weighted by Gasteiger charge is -2.15. The molecular weight excluding hydrogens is 436 g/mol. The van der Waals surface area contributed by atoms with E-state index in [0.717, 1.165) is 35.4 Å². The summed E-state index contributed by atoms with van der Waals surface area (Å²) in [4.78, 5) is 1.61. The molecule has 0 fully saturated rings. The largest absolute Gasteiger partial charge is 0.491 e. The third-order valence-corrected chi connectivity index (χ3v) is 8.06. The molecule has 0 spiro atoms. The average molecular weight is 473 g/mol. The van der Waals surface area contributed by atoms with Gasteiger partial charge >= 0.3 is 0 Å². The number of ether oxygens (including phenoxy) is 2. The lowest BCUT2D eigenvalue weighted by molar-refractivity contribution is 0.233. The summed E-state index contributed by atoms with van der Waals surface area (Å²) in [5.41, 5.74) is 1.05. The van der Waals surface area contributed by atoms with Crippen LogP contribution in [0.4, 0.5) is 0 Å². The highest BCUT2D eigenvalue weighted by Gasteiger charge is 2.23. The maximum absolute atomic E-state index is 9.84. The third-order valence-electron chi connectivity index (χ3n) is 5.98. The van der Waals surface area contributed by atoms with E-state index in [2.05, 4.69) is 39.8 Å². The van der Waals surface area contributed by atoms with E-state index in [-0.39, 0.29) is 0 Å². The van der Waals surface area contributed by atoms with E-state index in [0.29, 0.717) is 47.7 Å². The van der Waals surface area contributed by atoms with Crippen LogP contribution < -0.4 is 9.47 Å². The average Bonchev–Trinajstić information content (AvgIpc) is 3.42. The Morgan fingerprint density at radius 2 is 1.16 bits per heavy atom. The topological polar surface area (TPSA) is 66.0 Å². The summed E-state index contributed by atoms with van der Waals surface area (Å²) in [6, 6.07) is 4.63. The van der Waals surface area contributed by atoms with Crippen LogP contribution in [0.5, 0.6) is 11.5 Å². The summed E-state index contributed by atoms with van der Waals surface area (Å²) in [6.07, 6.45) is 9.19. The summed E-state index contributed by atoms with van der Waals surface area (Å²) < 4.78 is 12.1. The number of unbranched alkanes of at least 4 members (excludes halogenated alkanes) is 2. The number of rotatable bonds is 15. The molecule has 2 aromatic rings. The Hall–Kier alpha value is -2.02. The van der Waals surface area contributed by atoms with Crippen molar-refractivity contribution in [2.75, 3.05) is 13.2 Å². The molecule has 0 N–H and O–H groups in total. The van der Waals surface area contributed by atoms with Crippen LogP contribution in [0.2, 0.25) is 0 Å². The smallest absolute Gasteiger partial charge is 0.148 e. The van der Waals surface area contributed by atoms with Crippen molar-refractivity contribution in [3.05, 3.63) is 21.9 Å². The van der Waals surface area contributed by atoms with Gasteiger partial charge in [-0.25, -0.2) is 0 Å². The minimum atomic E-state index is 0.500. The Morgan fingerprint density at radius 1 is 0.750 bits per heavy atom. The molecule has 0 bridgehead atoms. The highest BCUT2D eigenvalue weighted by atomic mass is 32.1. The van der Waals surface area contributed by atoms with E-state index in [1.165, 1.54) is 48.4 Å². The molecule has 0 aliphatic heterocycles. The first-order valence-corrected chi connectivity index (χ1v) is 13.7. The molecule has 2 atom stereocenters. The van der Waals surface area contributed by atoms with E-state index in [9.17, 15) is 10.5 Å². The van der Waals surface area contributed by atoms with E-state index in [4.69, 9.17) is 9.47 Å². The molecule has 0 saturated carbocycles. The zero-order valence-corrected chi connectivity index (χ0v) is 21.5. The van der Waals surface area contributed by atoms with Crippen LogP contribution in [0.3, 0.4) is 0 Å². The van der Waals surface area contributed by atoms with Crippen molar-refractivity contribution < 1.29 is 9.47 Å². The zero-order valence-electron chi connectivity index (χ0n) is 19.9. The summed E-state index contributed by atoms with van der Waals surface area (Å²) in [5.74, 6) is 2.27. The molecule has 0 aliphatic rings. The molecule has 0 saturated heterocycles. The fourth-order valence-corrected chi connectivity index (χ4v) is 5.71. The van der Waals surface area contributed by atoms with Gasteiger partial charge in [0.05, 0.1) is 23.0 Å². The van der Waals surface area contributed by atoms with Gasteiger partial charge in [-0.3, -0.25) is 0 Å². The molecule has 0 aliphatic carbocycles. The minimum absolute atomic E-state index is 0.500. The molecule has 0 unspecified atom stereocenters. The van der Waals surface area contributed by atoms with Gasteiger partial charge in [0.2, 0.25) is 0 Å². The predicted octanol–water partition coefficient (Wildman–Crippen LogP) is 8.41. The van der Waals surface area contributed by atoms with Gasteiger partial charge in [-0.15, -0.1) is 22.7 Å². The Balaban J connectivity index is 2.16. The van der Waals surface area contributed by atoms with Crippen molar-refractivity contribution in [3.63, 3.8) is 0 Å². The fraction of sp³-hybridized carbons (Fsp3) is 0.615. The van der Waals surface area contributed by atoms with Crippen molar-refractivity contribution in [1.82, 2.24) is 0 Å². The Morgan fingerprint density at radius 3 is 1.47 bits per heavy atom. The van der Waals surface area contributed by atoms with E-state index in [1.54, 1.807) is 0 Å². The standard InChI is InChI=1S/C26H36N2O2S2/c1-5-9-11-19(7-3)15-29-23-17-31-25(21(23)13-27)26-22(14-28)24(18-32-26)30-16-20(8-4)12-10-6-2/h17-20H,5-12,15-16H2,1-4H3/t19-,20+. The van der Waals surface area contributed by atoms with E-state index in [1.807, 2.05) is 10.8 Å². The van der Waals surface area contributed by atoms with Crippen molar-refractivity contribution >= 4 is 22.7 Å². The van der Waals surface area contributed by atoms with Crippen LogP contribution >= 0.6 is 22.7 Å². The van der Waals surface area contributed by atoms with Crippen LogP contribution in [0.1, 0.15) is 90.2 Å². The van der Waals surface area contributed by atoms with Crippen molar-refractivity contribution in [3.8, 4) is 33.4 Å². The molecule has 6 heteroatoms. The molecule has 0 radical (unpaired) electrons. The molecule has 2 heterocycles. The normalized spacial score (nSPS) is 12.7. The van der Waals surface area contributed by atoms with Gasteiger partial charge in [0.15, 0.2) is 0 Å². The molecule has 2 aromatic heterocycles. The minimum Gasteiger partial charge on any atom is -0.491 e. The molecular formula is C26H36N2O2S2. The Bertz CT molecular complexity index is 830. The lowest BCUT2D eigenvalue weighted by atomic mass is 10.0. The second-order valence-corrected chi connectivity index (χ2v) is 10.0. The van der Waals surface area contributed by atoms with Crippen LogP contribution in [0.15, 0.2) is 10.8 Å². The lowest BCUT2D eigenvalue weighted by Crippen LogP contribution is -2.11. The summed E-state index contributed by atoms with van der Waals surface area (Å²) in [5, 5.41) is 23.5. The fourth-order valence-electron chi connectivity index (χ4n) is 3.65. The first-order chi connectivity index (χ1) is 15.6. The molecule has 174 valence electrons. The van der Waals surface area contributed by atoms with Gasteiger partial charge < -0.3 is 9.47 Å². The van der Waals surface area contributed by atoms with Gasteiger partial charge in [0, 0.05) is 10.8 Å². The summed E-state index contributed by atoms with van der Waals surface area (Å²) in [6.45, 7) is 10.0. The summed E-state index contributed by atoms with van der Waals surface area (Å²) in [7, 11) is 0. The van der Waals surface area contributed by atoms with Crippen molar-refractivity contribution in [2.24, 2.45) is 11.8 Å². The van der Waals surface area contributed by atoms with Crippen molar-refractivity contribution in [2.45, 2.75) is 79.1 Å². The van der Waals surface area contributed by atoms with Crippen LogP contribution in [0, 0.1) is 34.5 Å². The first-order valence-electron chi connectivity index (χ1n) is 11.9. The second kappa shape index (κ2) is 14.2. The van der Waals surface area contributed by atoms with Gasteiger partial charge in [-0.2, -0.15) is 10.5 Å². The Labute approximate surface area is 201 Å². The highest BCUT2D eigenvalue weighted by Crippen LogP contribution is 2.44. The molecule has 2 rings (SSSR count). The zero-order chi connectivity index (χ0) is 23.3. The number of hydrogen-bond acceptors (Lipinski definition) is 6. The van der Waals surface area contributed by atoms with Crippen LogP contribution in [-0.4, -0.2) is 13.2 Å². The molecule has 4 nitrogen and oxygen atoms in total. The van der Waals surface area contributed by atoms with Gasteiger partial charge in [0.1, 0.15) is 34.8 Å². The first kappa shape index (κ1) is 26.2. The predicted molar refractivity (Wildman–Crippen MR) is 135 cm³/mol. The van der Waals surface area contributed by atoms with E-state index < -0.39 is 0 Å². The van der Waals surface area contributed by atoms with Crippen LogP contribution in [0.25, 0.3) is 9.75 Å².